The van der Waals surface area contributed by atoms with E-state index in [0.717, 1.165) is 23.6 Å². The smallest absolute Gasteiger partial charge is 0.193 e. The van der Waals surface area contributed by atoms with E-state index in [1.54, 1.807) is 0 Å². The third-order valence-corrected chi connectivity index (χ3v) is 3.48. The maximum absolute atomic E-state index is 5.96. The average molecular weight is 355 g/mol. The first-order valence-corrected chi connectivity index (χ1v) is 9.01. The molecule has 140 valence electrons. The number of nitrogens with two attached hydrogens (primary N) is 1. The van der Waals surface area contributed by atoms with Crippen LogP contribution in [0.5, 0.6) is 11.5 Å². The van der Waals surface area contributed by atoms with Crippen molar-refractivity contribution in [2.45, 2.75) is 46.3 Å². The van der Waals surface area contributed by atoms with Gasteiger partial charge in [-0.2, -0.15) is 0 Å². The summed E-state index contributed by atoms with van der Waals surface area (Å²) in [5, 5.41) is 3.09. The normalized spacial score (nSPS) is 11.7. The molecule has 3 N–H and O–H groups in total. The van der Waals surface area contributed by atoms with Crippen LogP contribution < -0.4 is 20.5 Å². The number of nitrogens with zero attached hydrogens (tertiary/aromatic N) is 1. The summed E-state index contributed by atoms with van der Waals surface area (Å²) in [6, 6.07) is 15.8. The van der Waals surface area contributed by atoms with E-state index in [2.05, 4.69) is 22.4 Å². The molecule has 0 aliphatic rings. The molecular weight excluding hydrogens is 326 g/mol. The Kier molecular flexibility index (Phi) is 7.33. The average Bonchev–Trinajstić information content (AvgIpc) is 2.57. The lowest BCUT2D eigenvalue weighted by Crippen LogP contribution is -2.23. The summed E-state index contributed by atoms with van der Waals surface area (Å²) in [5.41, 5.74) is 8.04. The summed E-state index contributed by atoms with van der Waals surface area (Å²) in [6.45, 7) is 8.66. The van der Waals surface area contributed by atoms with Crippen molar-refractivity contribution in [3.63, 3.8) is 0 Å². The molecule has 0 spiro atoms. The summed E-state index contributed by atoms with van der Waals surface area (Å²) >= 11 is 0. The predicted octanol–water partition coefficient (Wildman–Crippen LogP) is 4.23. The fourth-order valence-corrected chi connectivity index (χ4v) is 2.39. The Morgan fingerprint density at radius 2 is 1.38 bits per heavy atom. The molecule has 0 fully saturated rings. The van der Waals surface area contributed by atoms with Gasteiger partial charge in [-0.15, -0.1) is 0 Å². The first-order chi connectivity index (χ1) is 12.4. The molecule has 2 rings (SSSR count). The van der Waals surface area contributed by atoms with Crippen LogP contribution in [0.25, 0.3) is 0 Å². The first kappa shape index (κ1) is 19.6. The summed E-state index contributed by atoms with van der Waals surface area (Å²) in [5.74, 6) is 2.13. The highest BCUT2D eigenvalue weighted by Gasteiger charge is 2.00. The molecule has 0 atom stereocenters. The molecule has 0 unspecified atom stereocenters. The maximum atomic E-state index is 5.96. The Bertz CT molecular complexity index is 692. The zero-order valence-corrected chi connectivity index (χ0v) is 16.0. The molecule has 5 heteroatoms. The predicted molar refractivity (Wildman–Crippen MR) is 108 cm³/mol. The van der Waals surface area contributed by atoms with Gasteiger partial charge < -0.3 is 20.5 Å². The summed E-state index contributed by atoms with van der Waals surface area (Å²) in [6.07, 6.45) is 1.17. The van der Waals surface area contributed by atoms with Gasteiger partial charge in [0.05, 0.1) is 12.2 Å². The van der Waals surface area contributed by atoms with Crippen LogP contribution in [0.2, 0.25) is 0 Å². The van der Waals surface area contributed by atoms with Crippen LogP contribution in [0.3, 0.4) is 0 Å². The largest absolute Gasteiger partial charge is 0.491 e. The van der Waals surface area contributed by atoms with E-state index in [1.807, 2.05) is 64.1 Å². The minimum atomic E-state index is 0.159. The van der Waals surface area contributed by atoms with Crippen LogP contribution >= 0.6 is 0 Å². The highest BCUT2D eigenvalue weighted by Crippen LogP contribution is 2.17. The second-order valence-corrected chi connectivity index (χ2v) is 6.64. The van der Waals surface area contributed by atoms with Crippen LogP contribution in [0.15, 0.2) is 53.5 Å². The Morgan fingerprint density at radius 3 is 1.88 bits per heavy atom. The third-order valence-electron chi connectivity index (χ3n) is 3.48. The molecule has 0 aliphatic heterocycles. The molecule has 0 saturated carbocycles. The number of rotatable bonds is 8. The van der Waals surface area contributed by atoms with Crippen molar-refractivity contribution >= 4 is 11.6 Å². The van der Waals surface area contributed by atoms with Gasteiger partial charge in [-0.3, -0.25) is 4.99 Å². The monoisotopic (exact) mass is 355 g/mol. The Hall–Kier alpha value is -2.69. The van der Waals surface area contributed by atoms with E-state index in [0.29, 0.717) is 12.5 Å². The quantitative estimate of drug-likeness (QED) is 0.549. The van der Waals surface area contributed by atoms with Gasteiger partial charge in [-0.05, 0) is 76.1 Å². The topological polar surface area (TPSA) is 68.9 Å². The van der Waals surface area contributed by atoms with E-state index < -0.39 is 0 Å². The number of hydrogen-bond donors (Lipinski definition) is 2. The van der Waals surface area contributed by atoms with Gasteiger partial charge in [0.2, 0.25) is 0 Å². The van der Waals surface area contributed by atoms with Crippen molar-refractivity contribution in [2.24, 2.45) is 10.7 Å². The Balaban J connectivity index is 1.80. The van der Waals surface area contributed by atoms with Crippen molar-refractivity contribution < 1.29 is 9.47 Å². The Morgan fingerprint density at radius 1 is 0.885 bits per heavy atom. The van der Waals surface area contributed by atoms with Crippen LogP contribution in [0, 0.1) is 0 Å². The zero-order chi connectivity index (χ0) is 18.9. The van der Waals surface area contributed by atoms with Gasteiger partial charge in [0.1, 0.15) is 11.5 Å². The number of benzene rings is 2. The highest BCUT2D eigenvalue weighted by molar-refractivity contribution is 5.92. The lowest BCUT2D eigenvalue weighted by molar-refractivity contribution is 0.242. The Labute approximate surface area is 156 Å². The van der Waals surface area contributed by atoms with Crippen molar-refractivity contribution in [1.82, 2.24) is 0 Å². The third kappa shape index (κ3) is 7.05. The molecule has 2 aromatic carbocycles. The molecule has 0 amide bonds. The number of nitrogens with one attached hydrogen (secondary N) is 1. The number of aliphatic imine (C=N–C) groups is 1. The summed E-state index contributed by atoms with van der Waals surface area (Å²) in [4.78, 5) is 4.38. The molecule has 0 bridgehead atoms. The fourth-order valence-electron chi connectivity index (χ4n) is 2.39. The number of hydrogen-bond acceptors (Lipinski definition) is 3. The molecule has 0 aromatic heterocycles. The number of ether oxygens (including phenoxy) is 2. The molecular formula is C21H29N3O2. The number of anilines is 1. The molecule has 26 heavy (non-hydrogen) atoms. The maximum Gasteiger partial charge on any atom is 0.193 e. The van der Waals surface area contributed by atoms with Crippen molar-refractivity contribution in [2.75, 3.05) is 11.9 Å². The van der Waals surface area contributed by atoms with E-state index in [9.17, 15) is 0 Å². The second-order valence-electron chi connectivity index (χ2n) is 6.64. The summed E-state index contributed by atoms with van der Waals surface area (Å²) < 4.78 is 11.3. The van der Waals surface area contributed by atoms with Crippen LogP contribution in [0.1, 0.15) is 33.3 Å². The van der Waals surface area contributed by atoms with Gasteiger partial charge in [-0.1, -0.05) is 12.1 Å². The van der Waals surface area contributed by atoms with Gasteiger partial charge in [0.15, 0.2) is 5.96 Å². The van der Waals surface area contributed by atoms with Crippen molar-refractivity contribution in [3.8, 4) is 11.5 Å². The van der Waals surface area contributed by atoms with Gasteiger partial charge in [0, 0.05) is 12.2 Å². The fraction of sp³-hybridized carbons (Fsp3) is 0.381. The van der Waals surface area contributed by atoms with E-state index in [4.69, 9.17) is 15.2 Å². The van der Waals surface area contributed by atoms with Gasteiger partial charge in [0.25, 0.3) is 0 Å². The van der Waals surface area contributed by atoms with E-state index >= 15 is 0 Å². The van der Waals surface area contributed by atoms with Gasteiger partial charge >= 0.3 is 0 Å². The molecule has 2 aromatic rings. The first-order valence-electron chi connectivity index (χ1n) is 9.01. The standard InChI is InChI=1S/C21H29N3O2/c1-15(2)25-19-9-5-17(6-10-19)13-14-23-21(22)24-18-7-11-20(12-8-18)26-16(3)4/h5-12,15-16H,13-14H2,1-4H3,(H3,22,23,24). The minimum absolute atomic E-state index is 0.159. The zero-order valence-electron chi connectivity index (χ0n) is 16.0. The SMILES string of the molecule is CC(C)Oc1ccc(CCN=C(N)Nc2ccc(OC(C)C)cc2)cc1. The van der Waals surface area contributed by atoms with E-state index in [1.165, 1.54) is 5.56 Å². The van der Waals surface area contributed by atoms with Crippen LogP contribution in [0.4, 0.5) is 5.69 Å². The second kappa shape index (κ2) is 9.70. The van der Waals surface area contributed by atoms with Crippen molar-refractivity contribution in [1.29, 1.82) is 0 Å². The van der Waals surface area contributed by atoms with E-state index in [-0.39, 0.29) is 12.2 Å². The molecule has 0 aliphatic carbocycles. The molecule has 5 nitrogen and oxygen atoms in total. The highest BCUT2D eigenvalue weighted by atomic mass is 16.5. The van der Waals surface area contributed by atoms with Crippen LogP contribution in [-0.4, -0.2) is 24.7 Å². The molecule has 0 radical (unpaired) electrons. The molecule has 0 saturated heterocycles. The number of guanidine groups is 1. The van der Waals surface area contributed by atoms with Crippen molar-refractivity contribution in [3.05, 3.63) is 54.1 Å². The summed E-state index contributed by atoms with van der Waals surface area (Å²) in [7, 11) is 0. The van der Waals surface area contributed by atoms with Gasteiger partial charge in [-0.25, -0.2) is 0 Å². The van der Waals surface area contributed by atoms with Crippen LogP contribution in [-0.2, 0) is 6.42 Å². The minimum Gasteiger partial charge on any atom is -0.491 e. The lowest BCUT2D eigenvalue weighted by atomic mass is 10.1. The molecule has 0 heterocycles. The lowest BCUT2D eigenvalue weighted by Gasteiger charge is -2.11.